The topological polar surface area (TPSA) is 97.6 Å². The van der Waals surface area contributed by atoms with Crippen molar-refractivity contribution in [3.8, 4) is 5.95 Å². The van der Waals surface area contributed by atoms with Crippen LogP contribution in [0.1, 0.15) is 0 Å². The van der Waals surface area contributed by atoms with E-state index in [0.29, 0.717) is 30.1 Å². The molecule has 0 aliphatic rings. The minimum absolute atomic E-state index is 0.421. The summed E-state index contributed by atoms with van der Waals surface area (Å²) in [5.74, 6) is 1.83. The molecule has 0 aromatic carbocycles. The molecular weight excluding hydrogens is 266 g/mol. The lowest BCUT2D eigenvalue weighted by atomic mass is 10.7. The van der Waals surface area contributed by atoms with Gasteiger partial charge in [0, 0.05) is 48.8 Å². The van der Waals surface area contributed by atoms with Crippen LogP contribution in [0.4, 0.5) is 11.9 Å². The summed E-state index contributed by atoms with van der Waals surface area (Å²) >= 11 is 0. The zero-order chi connectivity index (χ0) is 13.7. The van der Waals surface area contributed by atoms with Crippen molar-refractivity contribution in [1.29, 1.82) is 0 Å². The van der Waals surface area contributed by atoms with Crippen LogP contribution in [0.3, 0.4) is 0 Å². The molecule has 2 rings (SSSR count). The minimum atomic E-state index is -0.848. The van der Waals surface area contributed by atoms with Gasteiger partial charge in [0.25, 0.3) is 5.95 Å². The zero-order valence-electron chi connectivity index (χ0n) is 10.7. The first-order valence-corrected chi connectivity index (χ1v) is 7.39. The van der Waals surface area contributed by atoms with Crippen molar-refractivity contribution in [3.05, 3.63) is 18.5 Å². The largest absolute Gasteiger partial charge is 0.357 e. The summed E-state index contributed by atoms with van der Waals surface area (Å²) in [5.41, 5.74) is 0. The van der Waals surface area contributed by atoms with Crippen molar-refractivity contribution in [1.82, 2.24) is 24.7 Å². The summed E-state index contributed by atoms with van der Waals surface area (Å²) in [5, 5.41) is 9.95. The first-order chi connectivity index (χ1) is 9.19. The Morgan fingerprint density at radius 2 is 2.11 bits per heavy atom. The quantitative estimate of drug-likeness (QED) is 0.762. The average molecular weight is 281 g/mol. The van der Waals surface area contributed by atoms with E-state index >= 15 is 0 Å². The highest BCUT2D eigenvalue weighted by Gasteiger charge is 2.07. The van der Waals surface area contributed by atoms with Gasteiger partial charge in [0.05, 0.1) is 0 Å². The summed E-state index contributed by atoms with van der Waals surface area (Å²) in [4.78, 5) is 12.6. The Labute approximate surface area is 113 Å². The van der Waals surface area contributed by atoms with E-state index in [-0.39, 0.29) is 0 Å². The molecule has 102 valence electrons. The monoisotopic (exact) mass is 281 g/mol. The lowest BCUT2D eigenvalue weighted by Gasteiger charge is -2.07. The molecule has 0 fully saturated rings. The van der Waals surface area contributed by atoms with E-state index in [1.54, 1.807) is 36.4 Å². The van der Waals surface area contributed by atoms with Gasteiger partial charge in [-0.3, -0.25) is 4.21 Å². The SMILES string of the molecule is CNc1nc(NCCS(C)=O)nc(-n2cccn2)n1. The normalized spacial score (nSPS) is 12.1. The fourth-order valence-corrected chi connectivity index (χ4v) is 1.74. The van der Waals surface area contributed by atoms with E-state index in [9.17, 15) is 4.21 Å². The van der Waals surface area contributed by atoms with Crippen molar-refractivity contribution in [2.45, 2.75) is 0 Å². The highest BCUT2D eigenvalue weighted by atomic mass is 32.2. The molecular formula is C10H15N7OS. The molecule has 1 unspecified atom stereocenters. The van der Waals surface area contributed by atoms with Gasteiger partial charge in [-0.2, -0.15) is 20.1 Å². The third-order valence-electron chi connectivity index (χ3n) is 2.23. The molecule has 0 aliphatic heterocycles. The molecule has 2 aromatic heterocycles. The fourth-order valence-electron chi connectivity index (χ4n) is 1.35. The number of aromatic nitrogens is 5. The maximum Gasteiger partial charge on any atom is 0.257 e. The Kier molecular flexibility index (Phi) is 4.39. The van der Waals surface area contributed by atoms with Crippen LogP contribution in [0.25, 0.3) is 5.95 Å². The number of nitrogens with one attached hydrogen (secondary N) is 2. The molecule has 0 amide bonds. The summed E-state index contributed by atoms with van der Waals surface area (Å²) in [7, 11) is 0.881. The average Bonchev–Trinajstić information content (AvgIpc) is 2.92. The second kappa shape index (κ2) is 6.23. The highest BCUT2D eigenvalue weighted by molar-refractivity contribution is 7.84. The second-order valence-electron chi connectivity index (χ2n) is 3.69. The molecule has 0 saturated heterocycles. The van der Waals surface area contributed by atoms with E-state index in [0.717, 1.165) is 0 Å². The first-order valence-electron chi connectivity index (χ1n) is 5.67. The first kappa shape index (κ1) is 13.4. The van der Waals surface area contributed by atoms with Gasteiger partial charge in [-0.1, -0.05) is 0 Å². The summed E-state index contributed by atoms with van der Waals surface area (Å²) in [6.45, 7) is 0.537. The molecule has 0 saturated carbocycles. The van der Waals surface area contributed by atoms with E-state index in [2.05, 4.69) is 30.7 Å². The van der Waals surface area contributed by atoms with Gasteiger partial charge < -0.3 is 10.6 Å². The number of anilines is 2. The van der Waals surface area contributed by atoms with Gasteiger partial charge in [0.1, 0.15) is 0 Å². The van der Waals surface area contributed by atoms with Crippen LogP contribution >= 0.6 is 0 Å². The molecule has 9 heteroatoms. The third-order valence-corrected chi connectivity index (χ3v) is 3.01. The molecule has 2 aromatic rings. The van der Waals surface area contributed by atoms with Crippen molar-refractivity contribution >= 4 is 22.7 Å². The van der Waals surface area contributed by atoms with Gasteiger partial charge in [0.2, 0.25) is 11.9 Å². The van der Waals surface area contributed by atoms with E-state index < -0.39 is 10.8 Å². The van der Waals surface area contributed by atoms with Crippen molar-refractivity contribution in [2.24, 2.45) is 0 Å². The van der Waals surface area contributed by atoms with Crippen LogP contribution in [0.2, 0.25) is 0 Å². The molecule has 0 radical (unpaired) electrons. The predicted molar refractivity (Wildman–Crippen MR) is 73.9 cm³/mol. The summed E-state index contributed by atoms with van der Waals surface area (Å²) < 4.78 is 12.5. The number of hydrogen-bond donors (Lipinski definition) is 2. The van der Waals surface area contributed by atoms with Crippen LogP contribution < -0.4 is 10.6 Å². The zero-order valence-corrected chi connectivity index (χ0v) is 11.5. The minimum Gasteiger partial charge on any atom is -0.357 e. The van der Waals surface area contributed by atoms with Crippen LogP contribution in [0, 0.1) is 0 Å². The smallest absolute Gasteiger partial charge is 0.257 e. The predicted octanol–water partition coefficient (Wildman–Crippen LogP) is -0.111. The van der Waals surface area contributed by atoms with Crippen LogP contribution in [-0.2, 0) is 10.8 Å². The van der Waals surface area contributed by atoms with Crippen molar-refractivity contribution in [2.75, 3.05) is 36.2 Å². The molecule has 0 aliphatic carbocycles. The van der Waals surface area contributed by atoms with E-state index in [1.165, 1.54) is 0 Å². The molecule has 2 heterocycles. The van der Waals surface area contributed by atoms with Gasteiger partial charge in [-0.15, -0.1) is 0 Å². The molecule has 2 N–H and O–H groups in total. The molecule has 0 spiro atoms. The maximum absolute atomic E-state index is 11.0. The van der Waals surface area contributed by atoms with Crippen molar-refractivity contribution < 1.29 is 4.21 Å². The van der Waals surface area contributed by atoms with Gasteiger partial charge >= 0.3 is 0 Å². The Balaban J connectivity index is 2.19. The number of nitrogens with zero attached hydrogens (tertiary/aromatic N) is 5. The molecule has 1 atom stereocenters. The number of rotatable bonds is 6. The maximum atomic E-state index is 11.0. The van der Waals surface area contributed by atoms with E-state index in [4.69, 9.17) is 0 Å². The van der Waals surface area contributed by atoms with Crippen molar-refractivity contribution in [3.63, 3.8) is 0 Å². The molecule has 19 heavy (non-hydrogen) atoms. The van der Waals surface area contributed by atoms with E-state index in [1.807, 2.05) is 0 Å². The Bertz CT molecular complexity index is 557. The molecule has 0 bridgehead atoms. The standard InChI is InChI=1S/C10H15N7OS/c1-11-8-14-9(12-5-7-19(2)18)16-10(15-8)17-6-3-4-13-17/h3-4,6H,5,7H2,1-2H3,(H2,11,12,14,15,16). The Hall–Kier alpha value is -2.03. The Morgan fingerprint density at radius 3 is 2.74 bits per heavy atom. The van der Waals surface area contributed by atoms with Crippen LogP contribution in [0.15, 0.2) is 18.5 Å². The van der Waals surface area contributed by atoms with Crippen LogP contribution in [0.5, 0.6) is 0 Å². The third kappa shape index (κ3) is 3.71. The lowest BCUT2D eigenvalue weighted by Crippen LogP contribution is -2.15. The summed E-state index contributed by atoms with van der Waals surface area (Å²) in [6, 6.07) is 1.79. The van der Waals surface area contributed by atoms with Gasteiger partial charge in [-0.05, 0) is 6.07 Å². The second-order valence-corrected chi connectivity index (χ2v) is 5.24. The van der Waals surface area contributed by atoms with Gasteiger partial charge in [0.15, 0.2) is 0 Å². The molecule has 8 nitrogen and oxygen atoms in total. The summed E-state index contributed by atoms with van der Waals surface area (Å²) in [6.07, 6.45) is 5.05. The Morgan fingerprint density at radius 1 is 1.32 bits per heavy atom. The fraction of sp³-hybridized carbons (Fsp3) is 0.400. The van der Waals surface area contributed by atoms with Crippen LogP contribution in [-0.4, -0.2) is 54.5 Å². The highest BCUT2D eigenvalue weighted by Crippen LogP contribution is 2.07. The number of hydrogen-bond acceptors (Lipinski definition) is 7. The lowest BCUT2D eigenvalue weighted by molar-refractivity contribution is 0.687. The van der Waals surface area contributed by atoms with Gasteiger partial charge in [-0.25, -0.2) is 4.68 Å².